The van der Waals surface area contributed by atoms with Crippen molar-refractivity contribution in [2.24, 2.45) is 11.1 Å². The van der Waals surface area contributed by atoms with Gasteiger partial charge in [-0.05, 0) is 33.4 Å². The molecule has 4 nitrogen and oxygen atoms in total. The van der Waals surface area contributed by atoms with E-state index in [4.69, 9.17) is 15.9 Å². The number of amidine groups is 1. The topological polar surface area (TPSA) is 62.3 Å². The summed E-state index contributed by atoms with van der Waals surface area (Å²) in [5.74, 6) is 0.275. The standard InChI is InChI=1S/C12H25N3O/c1-9-10(5-8-16-9)15(4)7-6-12(2,3)11(13)14/h9-10H,5-8H2,1-4H3,(H3,13,14). The zero-order chi connectivity index (χ0) is 12.3. The molecule has 0 aromatic carbocycles. The van der Waals surface area contributed by atoms with Gasteiger partial charge in [0.25, 0.3) is 0 Å². The molecule has 16 heavy (non-hydrogen) atoms. The molecular weight excluding hydrogens is 202 g/mol. The van der Waals surface area contributed by atoms with Crippen molar-refractivity contribution in [3.63, 3.8) is 0 Å². The van der Waals surface area contributed by atoms with Crippen LogP contribution in [-0.4, -0.2) is 43.1 Å². The lowest BCUT2D eigenvalue weighted by atomic mass is 9.87. The molecule has 1 aliphatic rings. The first-order valence-corrected chi connectivity index (χ1v) is 6.01. The summed E-state index contributed by atoms with van der Waals surface area (Å²) in [5, 5.41) is 7.52. The molecule has 3 N–H and O–H groups in total. The molecule has 0 spiro atoms. The average Bonchev–Trinajstić information content (AvgIpc) is 2.61. The number of rotatable bonds is 5. The Labute approximate surface area is 98.6 Å². The Morgan fingerprint density at radius 2 is 2.19 bits per heavy atom. The summed E-state index contributed by atoms with van der Waals surface area (Å²) < 4.78 is 5.56. The molecule has 1 fully saturated rings. The van der Waals surface area contributed by atoms with Crippen LogP contribution in [0, 0.1) is 10.8 Å². The normalized spacial score (nSPS) is 26.3. The van der Waals surface area contributed by atoms with Gasteiger partial charge in [-0.25, -0.2) is 0 Å². The number of nitrogens with zero attached hydrogens (tertiary/aromatic N) is 1. The fourth-order valence-corrected chi connectivity index (χ4v) is 2.06. The second kappa shape index (κ2) is 5.15. The van der Waals surface area contributed by atoms with E-state index in [1.807, 2.05) is 13.8 Å². The molecule has 0 amide bonds. The van der Waals surface area contributed by atoms with Crippen LogP contribution in [0.15, 0.2) is 0 Å². The molecule has 0 aromatic rings. The van der Waals surface area contributed by atoms with Crippen LogP contribution in [0.2, 0.25) is 0 Å². The molecule has 0 aromatic heterocycles. The van der Waals surface area contributed by atoms with E-state index in [-0.39, 0.29) is 11.3 Å². The van der Waals surface area contributed by atoms with Crippen molar-refractivity contribution in [2.45, 2.75) is 45.8 Å². The van der Waals surface area contributed by atoms with Gasteiger partial charge in [-0.2, -0.15) is 0 Å². The van der Waals surface area contributed by atoms with E-state index >= 15 is 0 Å². The Bertz CT molecular complexity index is 253. The van der Waals surface area contributed by atoms with Crippen molar-refractivity contribution < 1.29 is 4.74 Å². The molecule has 2 unspecified atom stereocenters. The number of hydrogen-bond acceptors (Lipinski definition) is 3. The summed E-state index contributed by atoms with van der Waals surface area (Å²) in [6, 6.07) is 0.516. The van der Waals surface area contributed by atoms with E-state index < -0.39 is 0 Å². The Kier molecular flexibility index (Phi) is 4.33. The summed E-state index contributed by atoms with van der Waals surface area (Å²) in [5.41, 5.74) is 5.38. The first-order chi connectivity index (χ1) is 7.34. The van der Waals surface area contributed by atoms with Crippen LogP contribution in [0.25, 0.3) is 0 Å². The molecule has 0 radical (unpaired) electrons. The van der Waals surface area contributed by atoms with Crippen molar-refractivity contribution >= 4 is 5.84 Å². The predicted molar refractivity (Wildman–Crippen MR) is 66.8 cm³/mol. The van der Waals surface area contributed by atoms with Gasteiger partial charge >= 0.3 is 0 Å². The molecule has 0 saturated carbocycles. The second-order valence-corrected chi connectivity index (χ2v) is 5.46. The quantitative estimate of drug-likeness (QED) is 0.552. The minimum atomic E-state index is -0.197. The predicted octanol–water partition coefficient (Wildman–Crippen LogP) is 1.45. The van der Waals surface area contributed by atoms with Gasteiger partial charge in [0.1, 0.15) is 0 Å². The van der Waals surface area contributed by atoms with E-state index in [0.29, 0.717) is 12.1 Å². The summed E-state index contributed by atoms with van der Waals surface area (Å²) in [7, 11) is 2.13. The number of ether oxygens (including phenoxy) is 1. The van der Waals surface area contributed by atoms with Gasteiger partial charge in [0, 0.05) is 18.1 Å². The van der Waals surface area contributed by atoms with Crippen molar-refractivity contribution in [3.8, 4) is 0 Å². The Hall–Kier alpha value is -0.610. The van der Waals surface area contributed by atoms with E-state index in [9.17, 15) is 0 Å². The van der Waals surface area contributed by atoms with Gasteiger partial charge < -0.3 is 15.4 Å². The van der Waals surface area contributed by atoms with Gasteiger partial charge in [0.05, 0.1) is 11.9 Å². The summed E-state index contributed by atoms with van der Waals surface area (Å²) >= 11 is 0. The maximum absolute atomic E-state index is 7.52. The maximum Gasteiger partial charge on any atom is 0.0963 e. The third-order valence-corrected chi connectivity index (χ3v) is 3.72. The highest BCUT2D eigenvalue weighted by molar-refractivity contribution is 5.82. The maximum atomic E-state index is 7.52. The smallest absolute Gasteiger partial charge is 0.0963 e. The molecule has 4 heteroatoms. The van der Waals surface area contributed by atoms with Crippen LogP contribution in [0.5, 0.6) is 0 Å². The zero-order valence-corrected chi connectivity index (χ0v) is 10.9. The van der Waals surface area contributed by atoms with Crippen LogP contribution in [0.4, 0.5) is 0 Å². The van der Waals surface area contributed by atoms with Crippen LogP contribution in [0.1, 0.15) is 33.6 Å². The lowest BCUT2D eigenvalue weighted by Crippen LogP contribution is -2.40. The Morgan fingerprint density at radius 3 is 2.62 bits per heavy atom. The van der Waals surface area contributed by atoms with E-state index in [0.717, 1.165) is 26.0 Å². The molecule has 0 bridgehead atoms. The van der Waals surface area contributed by atoms with Gasteiger partial charge in [-0.15, -0.1) is 0 Å². The Morgan fingerprint density at radius 1 is 1.56 bits per heavy atom. The van der Waals surface area contributed by atoms with E-state index in [2.05, 4.69) is 18.9 Å². The molecule has 0 aliphatic carbocycles. The van der Waals surface area contributed by atoms with Crippen molar-refractivity contribution in [3.05, 3.63) is 0 Å². The highest BCUT2D eigenvalue weighted by Gasteiger charge is 2.29. The SMILES string of the molecule is CC1OCCC1N(C)CCC(C)(C)C(=N)N. The van der Waals surface area contributed by atoms with Crippen molar-refractivity contribution in [1.82, 2.24) is 4.90 Å². The third-order valence-electron chi connectivity index (χ3n) is 3.72. The highest BCUT2D eigenvalue weighted by Crippen LogP contribution is 2.23. The van der Waals surface area contributed by atoms with Crippen LogP contribution in [0.3, 0.4) is 0 Å². The largest absolute Gasteiger partial charge is 0.387 e. The summed E-state index contributed by atoms with van der Waals surface area (Å²) in [6.45, 7) is 8.01. The first kappa shape index (κ1) is 13.5. The van der Waals surface area contributed by atoms with Crippen molar-refractivity contribution in [2.75, 3.05) is 20.2 Å². The molecule has 1 rings (SSSR count). The Balaban J connectivity index is 2.40. The molecule has 1 saturated heterocycles. The summed E-state index contributed by atoms with van der Waals surface area (Å²) in [4.78, 5) is 2.34. The average molecular weight is 227 g/mol. The van der Waals surface area contributed by atoms with Crippen LogP contribution < -0.4 is 5.73 Å². The molecule has 1 heterocycles. The van der Waals surface area contributed by atoms with E-state index in [1.165, 1.54) is 0 Å². The first-order valence-electron chi connectivity index (χ1n) is 6.01. The molecular formula is C12H25N3O. The van der Waals surface area contributed by atoms with Crippen molar-refractivity contribution in [1.29, 1.82) is 5.41 Å². The monoisotopic (exact) mass is 227 g/mol. The third kappa shape index (κ3) is 3.19. The molecule has 2 atom stereocenters. The second-order valence-electron chi connectivity index (χ2n) is 5.46. The lowest BCUT2D eigenvalue weighted by molar-refractivity contribution is 0.0812. The minimum absolute atomic E-state index is 0.197. The number of nitrogens with one attached hydrogen (secondary N) is 1. The minimum Gasteiger partial charge on any atom is -0.387 e. The fraction of sp³-hybridized carbons (Fsp3) is 0.917. The highest BCUT2D eigenvalue weighted by atomic mass is 16.5. The molecule has 1 aliphatic heterocycles. The number of nitrogens with two attached hydrogens (primary N) is 1. The van der Waals surface area contributed by atoms with Gasteiger partial charge in [-0.3, -0.25) is 5.41 Å². The van der Waals surface area contributed by atoms with Crippen LogP contribution in [-0.2, 0) is 4.74 Å². The van der Waals surface area contributed by atoms with E-state index in [1.54, 1.807) is 0 Å². The van der Waals surface area contributed by atoms with Gasteiger partial charge in [0.2, 0.25) is 0 Å². The number of likely N-dealkylation sites (N-methyl/N-ethyl adjacent to an activating group) is 1. The lowest BCUT2D eigenvalue weighted by Gasteiger charge is -2.30. The zero-order valence-electron chi connectivity index (χ0n) is 10.9. The molecule has 94 valence electrons. The summed E-state index contributed by atoms with van der Waals surface area (Å²) in [6.07, 6.45) is 2.35. The number of hydrogen-bond donors (Lipinski definition) is 2. The fourth-order valence-electron chi connectivity index (χ4n) is 2.06. The van der Waals surface area contributed by atoms with Crippen LogP contribution >= 0.6 is 0 Å². The van der Waals surface area contributed by atoms with Gasteiger partial charge in [-0.1, -0.05) is 13.8 Å². The van der Waals surface area contributed by atoms with Gasteiger partial charge in [0.15, 0.2) is 0 Å².